The lowest BCUT2D eigenvalue weighted by Gasteiger charge is -2.27. The quantitative estimate of drug-likeness (QED) is 0.845. The first kappa shape index (κ1) is 12.2. The van der Waals surface area contributed by atoms with Gasteiger partial charge >= 0.3 is 5.97 Å². The maximum atomic E-state index is 10.7. The summed E-state index contributed by atoms with van der Waals surface area (Å²) in [5, 5.41) is 12.2. The monoisotopic (exact) mass is 237 g/mol. The number of carboxylic acids is 1. The topological polar surface area (TPSA) is 62.5 Å². The summed E-state index contributed by atoms with van der Waals surface area (Å²) in [5.41, 5.74) is 0.322. The first-order valence-electron chi connectivity index (χ1n) is 6.04. The minimum atomic E-state index is -1.02. The molecule has 1 aromatic heterocycles. The van der Waals surface area contributed by atoms with E-state index in [2.05, 4.69) is 19.2 Å². The lowest BCUT2D eigenvalue weighted by Crippen LogP contribution is -2.37. The van der Waals surface area contributed by atoms with Crippen LogP contribution in [0.15, 0.2) is 16.5 Å². The molecule has 1 fully saturated rings. The van der Waals surface area contributed by atoms with Crippen molar-refractivity contribution in [3.8, 4) is 0 Å². The van der Waals surface area contributed by atoms with Crippen molar-refractivity contribution in [2.75, 3.05) is 0 Å². The lowest BCUT2D eigenvalue weighted by atomic mass is 9.87. The van der Waals surface area contributed by atoms with Gasteiger partial charge in [0.05, 0.1) is 6.54 Å². The summed E-state index contributed by atoms with van der Waals surface area (Å²) in [4.78, 5) is 10.7. The van der Waals surface area contributed by atoms with E-state index in [-0.39, 0.29) is 5.76 Å². The molecule has 0 aliphatic heterocycles. The fraction of sp³-hybridized carbons (Fsp3) is 0.615. The molecule has 2 N–H and O–H groups in total. The van der Waals surface area contributed by atoms with Crippen molar-refractivity contribution in [1.82, 2.24) is 5.32 Å². The average Bonchev–Trinajstić information content (AvgIpc) is 2.81. The highest BCUT2D eigenvalue weighted by atomic mass is 16.4. The molecule has 2 rings (SSSR count). The normalized spacial score (nSPS) is 22.8. The van der Waals surface area contributed by atoms with Crippen LogP contribution in [0.2, 0.25) is 0 Å². The Hall–Kier alpha value is -1.29. The van der Waals surface area contributed by atoms with Crippen LogP contribution in [-0.2, 0) is 6.54 Å². The van der Waals surface area contributed by atoms with E-state index >= 15 is 0 Å². The number of carbonyl (C=O) groups is 1. The van der Waals surface area contributed by atoms with Gasteiger partial charge in [0, 0.05) is 6.04 Å². The van der Waals surface area contributed by atoms with E-state index in [1.54, 1.807) is 6.07 Å². The van der Waals surface area contributed by atoms with Crippen LogP contribution >= 0.6 is 0 Å². The van der Waals surface area contributed by atoms with Crippen molar-refractivity contribution in [1.29, 1.82) is 0 Å². The van der Waals surface area contributed by atoms with Crippen molar-refractivity contribution >= 4 is 5.97 Å². The second kappa shape index (κ2) is 4.53. The molecular formula is C13H19NO3. The Bertz CT molecular complexity index is 409. The standard InChI is InChI=1S/C13H19NO3/c1-13(2)7-3-4-11(13)14-8-9-5-6-10(17-9)12(15)16/h5-6,11,14H,3-4,7-8H2,1-2H3,(H,15,16). The van der Waals surface area contributed by atoms with Crippen LogP contribution in [0.5, 0.6) is 0 Å². The lowest BCUT2D eigenvalue weighted by molar-refractivity contribution is 0.0660. The molecule has 1 aromatic rings. The predicted octanol–water partition coefficient (Wildman–Crippen LogP) is 2.65. The van der Waals surface area contributed by atoms with Gasteiger partial charge in [-0.05, 0) is 30.4 Å². The highest BCUT2D eigenvalue weighted by molar-refractivity contribution is 5.84. The minimum Gasteiger partial charge on any atom is -0.475 e. The van der Waals surface area contributed by atoms with Gasteiger partial charge in [0.1, 0.15) is 5.76 Å². The van der Waals surface area contributed by atoms with E-state index < -0.39 is 5.97 Å². The van der Waals surface area contributed by atoms with Gasteiger partial charge < -0.3 is 14.8 Å². The predicted molar refractivity (Wildman–Crippen MR) is 63.9 cm³/mol. The molecule has 0 aromatic carbocycles. The van der Waals surface area contributed by atoms with E-state index in [0.29, 0.717) is 23.8 Å². The number of aromatic carboxylic acids is 1. The molecule has 0 bridgehead atoms. The highest BCUT2D eigenvalue weighted by Crippen LogP contribution is 2.37. The third-order valence-corrected chi connectivity index (χ3v) is 3.65. The number of nitrogens with one attached hydrogen (secondary N) is 1. The Labute approximate surface area is 101 Å². The van der Waals surface area contributed by atoms with Crippen LogP contribution in [0.25, 0.3) is 0 Å². The summed E-state index contributed by atoms with van der Waals surface area (Å²) in [6, 6.07) is 3.71. The highest BCUT2D eigenvalue weighted by Gasteiger charge is 2.33. The molecule has 4 nitrogen and oxygen atoms in total. The molecule has 94 valence electrons. The number of rotatable bonds is 4. The molecule has 1 atom stereocenters. The number of hydrogen-bond donors (Lipinski definition) is 2. The second-order valence-electron chi connectivity index (χ2n) is 5.39. The van der Waals surface area contributed by atoms with Crippen LogP contribution in [0.3, 0.4) is 0 Å². The minimum absolute atomic E-state index is 0.00693. The summed E-state index contributed by atoms with van der Waals surface area (Å²) < 4.78 is 5.21. The fourth-order valence-corrected chi connectivity index (χ4v) is 2.52. The molecule has 0 spiro atoms. The Morgan fingerprint density at radius 2 is 2.35 bits per heavy atom. The second-order valence-corrected chi connectivity index (χ2v) is 5.39. The third kappa shape index (κ3) is 2.69. The molecule has 1 saturated carbocycles. The summed E-state index contributed by atoms with van der Waals surface area (Å²) in [7, 11) is 0. The Morgan fingerprint density at radius 3 is 2.88 bits per heavy atom. The van der Waals surface area contributed by atoms with Crippen molar-refractivity contribution < 1.29 is 14.3 Å². The molecule has 4 heteroatoms. The van der Waals surface area contributed by atoms with Gasteiger partial charge in [-0.1, -0.05) is 20.3 Å². The van der Waals surface area contributed by atoms with Gasteiger partial charge in [0.2, 0.25) is 5.76 Å². The molecule has 1 aliphatic carbocycles. The van der Waals surface area contributed by atoms with E-state index in [0.717, 1.165) is 0 Å². The van der Waals surface area contributed by atoms with E-state index in [1.807, 2.05) is 0 Å². The zero-order valence-electron chi connectivity index (χ0n) is 10.3. The average molecular weight is 237 g/mol. The number of carboxylic acid groups (broad SMARTS) is 1. The van der Waals surface area contributed by atoms with E-state index in [9.17, 15) is 4.79 Å². The summed E-state index contributed by atoms with van der Waals surface area (Å²) in [6.07, 6.45) is 3.67. The molecule has 1 unspecified atom stereocenters. The molecule has 1 heterocycles. The number of furan rings is 1. The Balaban J connectivity index is 1.91. The largest absolute Gasteiger partial charge is 0.475 e. The fourth-order valence-electron chi connectivity index (χ4n) is 2.52. The van der Waals surface area contributed by atoms with Gasteiger partial charge in [-0.2, -0.15) is 0 Å². The SMILES string of the molecule is CC1(C)CCCC1NCc1ccc(C(=O)O)o1. The molecule has 0 radical (unpaired) electrons. The smallest absolute Gasteiger partial charge is 0.371 e. The summed E-state index contributed by atoms with van der Waals surface area (Å²) in [6.45, 7) is 5.13. The van der Waals surface area contributed by atoms with Crippen molar-refractivity contribution in [2.45, 2.75) is 45.7 Å². The van der Waals surface area contributed by atoms with Gasteiger partial charge in [-0.3, -0.25) is 0 Å². The van der Waals surface area contributed by atoms with Gasteiger partial charge in [-0.25, -0.2) is 4.79 Å². The Morgan fingerprint density at radius 1 is 1.59 bits per heavy atom. The van der Waals surface area contributed by atoms with Gasteiger partial charge in [-0.15, -0.1) is 0 Å². The van der Waals surface area contributed by atoms with Crippen molar-refractivity contribution in [3.05, 3.63) is 23.7 Å². The molecule has 1 aliphatic rings. The van der Waals surface area contributed by atoms with Crippen molar-refractivity contribution in [3.63, 3.8) is 0 Å². The van der Waals surface area contributed by atoms with E-state index in [1.165, 1.54) is 25.3 Å². The Kier molecular flexibility index (Phi) is 3.24. The number of hydrogen-bond acceptors (Lipinski definition) is 3. The first-order valence-corrected chi connectivity index (χ1v) is 6.04. The van der Waals surface area contributed by atoms with Gasteiger partial charge in [0.25, 0.3) is 0 Å². The van der Waals surface area contributed by atoms with E-state index in [4.69, 9.17) is 9.52 Å². The maximum Gasteiger partial charge on any atom is 0.371 e. The third-order valence-electron chi connectivity index (χ3n) is 3.65. The molecule has 0 saturated heterocycles. The molecular weight excluding hydrogens is 218 g/mol. The van der Waals surface area contributed by atoms with Gasteiger partial charge in [0.15, 0.2) is 0 Å². The van der Waals surface area contributed by atoms with Crippen LogP contribution in [0.4, 0.5) is 0 Å². The maximum absolute atomic E-state index is 10.7. The molecule has 17 heavy (non-hydrogen) atoms. The summed E-state index contributed by atoms with van der Waals surface area (Å²) >= 11 is 0. The zero-order chi connectivity index (χ0) is 12.5. The summed E-state index contributed by atoms with van der Waals surface area (Å²) in [5.74, 6) is -0.324. The van der Waals surface area contributed by atoms with Crippen molar-refractivity contribution in [2.24, 2.45) is 5.41 Å². The van der Waals surface area contributed by atoms with Crippen LogP contribution in [-0.4, -0.2) is 17.1 Å². The van der Waals surface area contributed by atoms with Crippen LogP contribution in [0, 0.1) is 5.41 Å². The van der Waals surface area contributed by atoms with Crippen LogP contribution < -0.4 is 5.32 Å². The molecule has 0 amide bonds. The first-order chi connectivity index (χ1) is 7.99. The van der Waals surface area contributed by atoms with Crippen LogP contribution in [0.1, 0.15) is 49.4 Å². The zero-order valence-corrected chi connectivity index (χ0v) is 10.3.